The molecule has 252 valence electrons. The Hall–Kier alpha value is -5.58. The van der Waals surface area contributed by atoms with E-state index < -0.39 is 34.3 Å². The van der Waals surface area contributed by atoms with Crippen molar-refractivity contribution in [1.29, 1.82) is 0 Å². The monoisotopic (exact) mass is 666 g/mol. The zero-order valence-electron chi connectivity index (χ0n) is 27.1. The summed E-state index contributed by atoms with van der Waals surface area (Å²) < 4.78 is 32.6. The van der Waals surface area contributed by atoms with Crippen molar-refractivity contribution in [2.75, 3.05) is 44.2 Å². The molecule has 0 spiro atoms. The third kappa shape index (κ3) is 7.77. The summed E-state index contributed by atoms with van der Waals surface area (Å²) in [5.41, 5.74) is 2.12. The molecule has 2 aliphatic rings. The number of hydrogen-bond acceptors (Lipinski definition) is 6. The van der Waals surface area contributed by atoms with Crippen molar-refractivity contribution in [2.24, 2.45) is 0 Å². The number of amides is 3. The number of para-hydroxylation sites is 1. The van der Waals surface area contributed by atoms with Crippen LogP contribution in [0.2, 0.25) is 0 Å². The van der Waals surface area contributed by atoms with Gasteiger partial charge in [0.1, 0.15) is 5.82 Å². The molecule has 2 aliphatic heterocycles. The first-order chi connectivity index (χ1) is 23.7. The van der Waals surface area contributed by atoms with Gasteiger partial charge < -0.3 is 24.4 Å². The zero-order chi connectivity index (χ0) is 34.5. The van der Waals surface area contributed by atoms with Crippen LogP contribution in [0.3, 0.4) is 0 Å². The first-order valence-corrected chi connectivity index (χ1v) is 16.2. The van der Waals surface area contributed by atoms with Crippen molar-refractivity contribution < 1.29 is 27.6 Å². The largest absolute Gasteiger partial charge is 0.448 e. The summed E-state index contributed by atoms with van der Waals surface area (Å²) in [6, 6.07) is 25.1. The normalized spacial score (nSPS) is 14.6. The van der Waals surface area contributed by atoms with E-state index in [-0.39, 0.29) is 23.7 Å². The smallest absolute Gasteiger partial charge is 0.287 e. The Morgan fingerprint density at radius 2 is 1.57 bits per heavy atom. The van der Waals surface area contributed by atoms with E-state index in [1.807, 2.05) is 29.2 Å². The summed E-state index contributed by atoms with van der Waals surface area (Å²) in [4.78, 5) is 55.2. The van der Waals surface area contributed by atoms with Gasteiger partial charge in [-0.1, -0.05) is 66.2 Å². The van der Waals surface area contributed by atoms with Gasteiger partial charge in [-0.2, -0.15) is 0 Å². The Kier molecular flexibility index (Phi) is 9.98. The number of nitrogens with zero attached hydrogens (tertiary/aromatic N) is 3. The van der Waals surface area contributed by atoms with E-state index in [0.29, 0.717) is 45.2 Å². The molecule has 11 heteroatoms. The topological polar surface area (TPSA) is 103 Å². The number of anilines is 1. The van der Waals surface area contributed by atoms with Crippen LogP contribution in [0.4, 0.5) is 14.5 Å². The molecule has 0 aliphatic carbocycles. The molecule has 7 rings (SSSR count). The number of benzene rings is 4. The van der Waals surface area contributed by atoms with Crippen molar-refractivity contribution in [3.05, 3.63) is 124 Å². The summed E-state index contributed by atoms with van der Waals surface area (Å²) in [5.74, 6) is -3.52. The second-order valence-corrected chi connectivity index (χ2v) is 12.2. The maximum Gasteiger partial charge on any atom is 0.287 e. The highest BCUT2D eigenvalue weighted by Crippen LogP contribution is 2.25. The molecule has 9 nitrogen and oxygen atoms in total. The minimum absolute atomic E-state index is 0.166. The van der Waals surface area contributed by atoms with Gasteiger partial charge in [0.05, 0.1) is 11.9 Å². The van der Waals surface area contributed by atoms with Crippen LogP contribution in [0.25, 0.3) is 21.7 Å². The average molecular weight is 667 g/mol. The molecule has 4 aromatic carbocycles. The molecule has 3 amide bonds. The molecule has 2 fully saturated rings. The molecule has 0 bridgehead atoms. The quantitative estimate of drug-likeness (QED) is 0.260. The highest BCUT2D eigenvalue weighted by Gasteiger charge is 2.26. The lowest BCUT2D eigenvalue weighted by atomic mass is 10.1. The van der Waals surface area contributed by atoms with Gasteiger partial charge in [-0.25, -0.2) is 8.78 Å². The maximum absolute atomic E-state index is 14.0. The standard InChI is InChI=1S/C27H26F2N4O5.C11H10/c28-18-12-19-22(34)14-23(38-26(19)20(29)13-18)27(37)30-15-25(36)32-10-8-31(9-11-32)21-5-2-1-4-17(21)16-33-7-3-6-24(33)35;1-9-6-7-10-4-2-3-5-11(10)8-9/h1-2,4-5,12-14H,3,6-11,15-16H2,(H,30,37);2-8H,1H3. The number of aryl methyl sites for hydroxylation is 1. The van der Waals surface area contributed by atoms with E-state index in [1.54, 1.807) is 4.90 Å². The molecule has 0 saturated carbocycles. The maximum atomic E-state index is 14.0. The highest BCUT2D eigenvalue weighted by molar-refractivity contribution is 5.95. The molecule has 2 saturated heterocycles. The number of nitrogens with one attached hydrogen (secondary N) is 1. The SMILES string of the molecule is Cc1ccc2ccccc2c1.O=C(NCC(=O)N1CCN(c2ccccc2CN2CCCC2=O)CC1)c1cc(=O)c2cc(F)cc(F)c2o1. The number of carbonyl (C=O) groups excluding carboxylic acids is 3. The number of rotatable bonds is 6. The summed E-state index contributed by atoms with van der Waals surface area (Å²) in [7, 11) is 0. The summed E-state index contributed by atoms with van der Waals surface area (Å²) in [6.45, 7) is 5.15. The Morgan fingerprint density at radius 1 is 0.837 bits per heavy atom. The second kappa shape index (κ2) is 14.7. The van der Waals surface area contributed by atoms with Crippen molar-refractivity contribution in [2.45, 2.75) is 26.3 Å². The number of fused-ring (bicyclic) bond motifs is 2. The van der Waals surface area contributed by atoms with Gasteiger partial charge in [-0.3, -0.25) is 19.2 Å². The van der Waals surface area contributed by atoms with Gasteiger partial charge in [0.2, 0.25) is 11.8 Å². The number of halogens is 2. The van der Waals surface area contributed by atoms with Crippen LogP contribution in [0.15, 0.2) is 94.1 Å². The third-order valence-electron chi connectivity index (χ3n) is 8.77. The lowest BCUT2D eigenvalue weighted by Crippen LogP contribution is -2.51. The fourth-order valence-electron chi connectivity index (χ4n) is 6.19. The van der Waals surface area contributed by atoms with Crippen LogP contribution in [-0.4, -0.2) is 66.8 Å². The number of hydrogen-bond donors (Lipinski definition) is 1. The molecule has 3 heterocycles. The zero-order valence-corrected chi connectivity index (χ0v) is 27.1. The van der Waals surface area contributed by atoms with Crippen LogP contribution in [0.5, 0.6) is 0 Å². The van der Waals surface area contributed by atoms with Crippen LogP contribution in [0, 0.1) is 18.6 Å². The van der Waals surface area contributed by atoms with E-state index in [0.717, 1.165) is 36.3 Å². The summed E-state index contributed by atoms with van der Waals surface area (Å²) in [5, 5.41) is 4.73. The molecule has 1 aromatic heterocycles. The van der Waals surface area contributed by atoms with Gasteiger partial charge in [0.25, 0.3) is 5.91 Å². The molecular weight excluding hydrogens is 630 g/mol. The molecule has 49 heavy (non-hydrogen) atoms. The van der Waals surface area contributed by atoms with Crippen molar-refractivity contribution in [1.82, 2.24) is 15.1 Å². The van der Waals surface area contributed by atoms with Gasteiger partial charge in [0.15, 0.2) is 22.6 Å². The van der Waals surface area contributed by atoms with Crippen LogP contribution >= 0.6 is 0 Å². The Bertz CT molecular complexity index is 2090. The third-order valence-corrected chi connectivity index (χ3v) is 8.77. The fourth-order valence-corrected chi connectivity index (χ4v) is 6.19. The second-order valence-electron chi connectivity index (χ2n) is 12.2. The minimum atomic E-state index is -1.10. The van der Waals surface area contributed by atoms with Crippen LogP contribution in [0.1, 0.15) is 34.5 Å². The van der Waals surface area contributed by atoms with Crippen molar-refractivity contribution in [3.63, 3.8) is 0 Å². The first kappa shape index (κ1) is 33.3. The molecule has 0 atom stereocenters. The fraction of sp³-hybridized carbons (Fsp3) is 0.263. The Balaban J connectivity index is 0.000000319. The predicted octanol–water partition coefficient (Wildman–Crippen LogP) is 5.42. The van der Waals surface area contributed by atoms with Gasteiger partial charge in [0, 0.05) is 63.5 Å². The van der Waals surface area contributed by atoms with E-state index in [4.69, 9.17) is 4.42 Å². The van der Waals surface area contributed by atoms with Crippen LogP contribution < -0.4 is 15.6 Å². The van der Waals surface area contributed by atoms with Crippen LogP contribution in [-0.2, 0) is 16.1 Å². The number of carbonyl (C=O) groups is 3. The summed E-state index contributed by atoms with van der Waals surface area (Å²) >= 11 is 0. The molecular formula is C38H36F2N4O5. The molecule has 5 aromatic rings. The Labute approximate surface area is 281 Å². The minimum Gasteiger partial charge on any atom is -0.448 e. The average Bonchev–Trinajstić information content (AvgIpc) is 3.51. The Morgan fingerprint density at radius 3 is 2.33 bits per heavy atom. The van der Waals surface area contributed by atoms with Crippen molar-refractivity contribution in [3.8, 4) is 0 Å². The van der Waals surface area contributed by atoms with E-state index in [2.05, 4.69) is 59.6 Å². The lowest BCUT2D eigenvalue weighted by Gasteiger charge is -2.37. The van der Waals surface area contributed by atoms with Gasteiger partial charge >= 0.3 is 0 Å². The first-order valence-electron chi connectivity index (χ1n) is 16.2. The van der Waals surface area contributed by atoms with Gasteiger partial charge in [-0.05, 0) is 41.8 Å². The van der Waals surface area contributed by atoms with E-state index in [1.165, 1.54) is 16.3 Å². The number of likely N-dealkylation sites (tertiary alicyclic amines) is 1. The summed E-state index contributed by atoms with van der Waals surface area (Å²) in [6.07, 6.45) is 1.46. The predicted molar refractivity (Wildman–Crippen MR) is 183 cm³/mol. The molecule has 1 N–H and O–H groups in total. The highest BCUT2D eigenvalue weighted by atomic mass is 19.1. The molecule has 0 unspecified atom stereocenters. The lowest BCUT2D eigenvalue weighted by molar-refractivity contribution is -0.130. The number of piperazine rings is 1. The van der Waals surface area contributed by atoms with E-state index in [9.17, 15) is 28.0 Å². The van der Waals surface area contributed by atoms with E-state index >= 15 is 0 Å². The van der Waals surface area contributed by atoms with Crippen molar-refractivity contribution >= 4 is 45.2 Å². The van der Waals surface area contributed by atoms with Gasteiger partial charge in [-0.15, -0.1) is 0 Å². The molecule has 0 radical (unpaired) electrons.